The molecule has 0 aliphatic heterocycles. The quantitative estimate of drug-likeness (QED) is 0.851. The minimum atomic E-state index is 0.0287. The van der Waals surface area contributed by atoms with Gasteiger partial charge in [0.15, 0.2) is 5.82 Å². The molecule has 1 aromatic heterocycles. The molecule has 2 rings (SSSR count). The van der Waals surface area contributed by atoms with Crippen LogP contribution >= 0.6 is 23.3 Å². The van der Waals surface area contributed by atoms with E-state index < -0.39 is 0 Å². The molecule has 0 radical (unpaired) electrons. The van der Waals surface area contributed by atoms with Crippen molar-refractivity contribution < 1.29 is 0 Å². The average Bonchev–Trinajstić information content (AvgIpc) is 2.73. The van der Waals surface area contributed by atoms with Crippen LogP contribution in [0.3, 0.4) is 0 Å². The number of nitrogens with one attached hydrogen (secondary N) is 1. The Morgan fingerprint density at radius 3 is 2.53 bits per heavy atom. The lowest BCUT2D eigenvalue weighted by molar-refractivity contribution is 0.633. The van der Waals surface area contributed by atoms with Crippen LogP contribution in [0.2, 0.25) is 0 Å². The molecule has 0 saturated carbocycles. The second kappa shape index (κ2) is 5.92. The Bertz CT molecular complexity index is 526. The summed E-state index contributed by atoms with van der Waals surface area (Å²) < 4.78 is 4.38. The van der Waals surface area contributed by atoms with Crippen LogP contribution in [-0.2, 0) is 5.75 Å². The normalized spacial score (nSPS) is 11.6. The van der Waals surface area contributed by atoms with E-state index in [0.29, 0.717) is 0 Å². The second-order valence-electron chi connectivity index (χ2n) is 5.49. The topological polar surface area (TPSA) is 37.8 Å². The van der Waals surface area contributed by atoms with Gasteiger partial charge in [0.2, 0.25) is 5.13 Å². The SMILES string of the molecule is Cc1ccc(SCc2nsc(NC(C)(C)C)n2)cc1. The van der Waals surface area contributed by atoms with Crippen molar-refractivity contribution in [2.75, 3.05) is 5.32 Å². The third-order valence-corrected chi connectivity index (χ3v) is 4.02. The summed E-state index contributed by atoms with van der Waals surface area (Å²) in [5.74, 6) is 1.70. The Morgan fingerprint density at radius 2 is 1.89 bits per heavy atom. The molecule has 2 aromatic rings. The van der Waals surface area contributed by atoms with Gasteiger partial charge in [0.05, 0.1) is 5.75 Å². The summed E-state index contributed by atoms with van der Waals surface area (Å²) in [5, 5.41) is 4.24. The van der Waals surface area contributed by atoms with Crippen LogP contribution in [0.25, 0.3) is 0 Å². The van der Waals surface area contributed by atoms with Crippen LogP contribution in [0.5, 0.6) is 0 Å². The fraction of sp³-hybridized carbons (Fsp3) is 0.429. The van der Waals surface area contributed by atoms with Crippen molar-refractivity contribution in [3.8, 4) is 0 Å². The molecule has 0 spiro atoms. The van der Waals surface area contributed by atoms with Crippen molar-refractivity contribution >= 4 is 28.4 Å². The number of hydrogen-bond acceptors (Lipinski definition) is 5. The number of nitrogens with zero attached hydrogens (tertiary/aromatic N) is 2. The maximum atomic E-state index is 4.50. The molecular formula is C14H19N3S2. The van der Waals surface area contributed by atoms with E-state index in [4.69, 9.17) is 0 Å². The van der Waals surface area contributed by atoms with E-state index in [0.717, 1.165) is 16.7 Å². The van der Waals surface area contributed by atoms with Gasteiger partial charge < -0.3 is 5.32 Å². The monoisotopic (exact) mass is 293 g/mol. The van der Waals surface area contributed by atoms with Crippen molar-refractivity contribution in [3.05, 3.63) is 35.7 Å². The van der Waals surface area contributed by atoms with Crippen LogP contribution < -0.4 is 5.32 Å². The molecule has 1 aromatic carbocycles. The lowest BCUT2D eigenvalue weighted by Crippen LogP contribution is -2.25. The Morgan fingerprint density at radius 1 is 1.21 bits per heavy atom. The fourth-order valence-electron chi connectivity index (χ4n) is 1.47. The number of rotatable bonds is 4. The van der Waals surface area contributed by atoms with E-state index in [2.05, 4.69) is 66.6 Å². The maximum absolute atomic E-state index is 4.50. The summed E-state index contributed by atoms with van der Waals surface area (Å²) >= 11 is 3.20. The molecule has 0 unspecified atom stereocenters. The Labute approximate surface area is 123 Å². The number of hydrogen-bond donors (Lipinski definition) is 1. The molecule has 0 atom stereocenters. The largest absolute Gasteiger partial charge is 0.356 e. The molecule has 0 saturated heterocycles. The Balaban J connectivity index is 1.91. The zero-order valence-electron chi connectivity index (χ0n) is 11.7. The summed E-state index contributed by atoms with van der Waals surface area (Å²) in [6, 6.07) is 8.54. The number of benzene rings is 1. The number of aromatic nitrogens is 2. The first-order valence-electron chi connectivity index (χ1n) is 6.23. The molecule has 5 heteroatoms. The van der Waals surface area contributed by atoms with Gasteiger partial charge in [0.1, 0.15) is 0 Å². The van der Waals surface area contributed by atoms with Crippen LogP contribution in [0.4, 0.5) is 5.13 Å². The van der Waals surface area contributed by atoms with E-state index in [1.54, 1.807) is 11.8 Å². The van der Waals surface area contributed by atoms with Crippen molar-refractivity contribution in [2.45, 2.75) is 43.9 Å². The summed E-state index contributed by atoms with van der Waals surface area (Å²) in [6.07, 6.45) is 0. The average molecular weight is 293 g/mol. The van der Waals surface area contributed by atoms with Gasteiger partial charge in [-0.15, -0.1) is 11.8 Å². The second-order valence-corrected chi connectivity index (χ2v) is 7.29. The third-order valence-electron chi connectivity index (χ3n) is 2.34. The van der Waals surface area contributed by atoms with Gasteiger partial charge >= 0.3 is 0 Å². The highest BCUT2D eigenvalue weighted by molar-refractivity contribution is 7.98. The molecule has 0 fully saturated rings. The highest BCUT2D eigenvalue weighted by atomic mass is 32.2. The van der Waals surface area contributed by atoms with Gasteiger partial charge in [-0.25, -0.2) is 4.98 Å². The molecule has 1 N–H and O–H groups in total. The lowest BCUT2D eigenvalue weighted by Gasteiger charge is -2.18. The van der Waals surface area contributed by atoms with E-state index in [9.17, 15) is 0 Å². The van der Waals surface area contributed by atoms with Gasteiger partial charge in [0, 0.05) is 22.0 Å². The summed E-state index contributed by atoms with van der Waals surface area (Å²) in [4.78, 5) is 5.76. The molecule has 0 aliphatic carbocycles. The summed E-state index contributed by atoms with van der Waals surface area (Å²) in [5.41, 5.74) is 1.31. The van der Waals surface area contributed by atoms with Gasteiger partial charge in [-0.3, -0.25) is 0 Å². The first kappa shape index (κ1) is 14.3. The van der Waals surface area contributed by atoms with Gasteiger partial charge in [-0.2, -0.15) is 4.37 Å². The van der Waals surface area contributed by atoms with Crippen LogP contribution in [0, 0.1) is 6.92 Å². The predicted molar refractivity (Wildman–Crippen MR) is 84.0 cm³/mol. The zero-order chi connectivity index (χ0) is 13.9. The summed E-state index contributed by atoms with van der Waals surface area (Å²) in [7, 11) is 0. The minimum absolute atomic E-state index is 0.0287. The van der Waals surface area contributed by atoms with Gasteiger partial charge in [0.25, 0.3) is 0 Å². The van der Waals surface area contributed by atoms with Crippen molar-refractivity contribution in [1.82, 2.24) is 9.36 Å². The molecule has 0 aliphatic rings. The molecule has 102 valence electrons. The third kappa shape index (κ3) is 4.84. The van der Waals surface area contributed by atoms with Gasteiger partial charge in [-0.05, 0) is 39.8 Å². The van der Waals surface area contributed by atoms with Crippen LogP contribution in [-0.4, -0.2) is 14.9 Å². The molecule has 3 nitrogen and oxygen atoms in total. The number of aryl methyl sites for hydroxylation is 1. The summed E-state index contributed by atoms with van der Waals surface area (Å²) in [6.45, 7) is 8.46. The molecule has 19 heavy (non-hydrogen) atoms. The van der Waals surface area contributed by atoms with E-state index in [1.165, 1.54) is 22.0 Å². The zero-order valence-corrected chi connectivity index (χ0v) is 13.4. The first-order chi connectivity index (χ1) is 8.92. The van der Waals surface area contributed by atoms with Crippen molar-refractivity contribution in [2.24, 2.45) is 0 Å². The number of anilines is 1. The maximum Gasteiger partial charge on any atom is 0.203 e. The van der Waals surface area contributed by atoms with Gasteiger partial charge in [-0.1, -0.05) is 17.7 Å². The molecule has 0 bridgehead atoms. The standard InChI is InChI=1S/C14H19N3S2/c1-10-5-7-11(8-6-10)18-9-12-15-13(19-17-12)16-14(2,3)4/h5-8H,9H2,1-4H3,(H,15,16,17). The fourth-order valence-corrected chi connectivity index (χ4v) is 3.10. The first-order valence-corrected chi connectivity index (χ1v) is 7.98. The predicted octanol–water partition coefficient (Wildman–Crippen LogP) is 4.35. The highest BCUT2D eigenvalue weighted by Crippen LogP contribution is 2.24. The van der Waals surface area contributed by atoms with Crippen molar-refractivity contribution in [3.63, 3.8) is 0 Å². The van der Waals surface area contributed by atoms with Crippen LogP contribution in [0.1, 0.15) is 32.2 Å². The van der Waals surface area contributed by atoms with Crippen molar-refractivity contribution in [1.29, 1.82) is 0 Å². The molecular weight excluding hydrogens is 274 g/mol. The molecule has 1 heterocycles. The van der Waals surface area contributed by atoms with E-state index >= 15 is 0 Å². The smallest absolute Gasteiger partial charge is 0.203 e. The van der Waals surface area contributed by atoms with Crippen LogP contribution in [0.15, 0.2) is 29.2 Å². The highest BCUT2D eigenvalue weighted by Gasteiger charge is 2.12. The van der Waals surface area contributed by atoms with E-state index in [-0.39, 0.29) is 5.54 Å². The Kier molecular flexibility index (Phi) is 4.47. The number of thioether (sulfide) groups is 1. The Hall–Kier alpha value is -1.07. The lowest BCUT2D eigenvalue weighted by atomic mass is 10.1. The van der Waals surface area contributed by atoms with E-state index in [1.807, 2.05) is 0 Å². The minimum Gasteiger partial charge on any atom is -0.356 e. The molecule has 0 amide bonds.